The van der Waals surface area contributed by atoms with Gasteiger partial charge in [0.1, 0.15) is 11.9 Å². The molecule has 0 bridgehead atoms. The van der Waals surface area contributed by atoms with E-state index in [0.29, 0.717) is 17.8 Å². The number of carbonyl (C=O) groups is 1. The van der Waals surface area contributed by atoms with Crippen LogP contribution in [0.2, 0.25) is 0 Å². The summed E-state index contributed by atoms with van der Waals surface area (Å²) < 4.78 is 28.0. The standard InChI is InChI=1S/C13H14F2N2O2/c1-3-4-12-16-10-5-8(14)9(15)6-11(10)17(12)7(2)13(18)19/h5-7H,3-4H2,1-2H3,(H,18,19). The van der Waals surface area contributed by atoms with Crippen LogP contribution in [0.4, 0.5) is 8.78 Å². The average molecular weight is 268 g/mol. The molecule has 0 saturated heterocycles. The fraction of sp³-hybridized carbons (Fsp3) is 0.385. The molecule has 0 saturated carbocycles. The molecule has 0 fully saturated rings. The van der Waals surface area contributed by atoms with Crippen LogP contribution < -0.4 is 0 Å². The first-order valence-electron chi connectivity index (χ1n) is 6.04. The quantitative estimate of drug-likeness (QED) is 0.927. The number of nitrogens with zero attached hydrogens (tertiary/aromatic N) is 2. The van der Waals surface area contributed by atoms with Crippen LogP contribution >= 0.6 is 0 Å². The number of hydrogen-bond acceptors (Lipinski definition) is 2. The third kappa shape index (κ3) is 2.30. The minimum Gasteiger partial charge on any atom is -0.480 e. The van der Waals surface area contributed by atoms with Gasteiger partial charge in [0.05, 0.1) is 11.0 Å². The van der Waals surface area contributed by atoms with Crippen molar-refractivity contribution in [2.75, 3.05) is 0 Å². The molecule has 1 unspecified atom stereocenters. The third-order valence-electron chi connectivity index (χ3n) is 3.02. The lowest BCUT2D eigenvalue weighted by Crippen LogP contribution is -2.18. The Labute approximate surface area is 108 Å². The second-order valence-corrected chi connectivity index (χ2v) is 4.42. The molecule has 0 radical (unpaired) electrons. The van der Waals surface area contributed by atoms with E-state index in [1.54, 1.807) is 0 Å². The first kappa shape index (κ1) is 13.5. The van der Waals surface area contributed by atoms with Crippen molar-refractivity contribution in [2.45, 2.75) is 32.7 Å². The molecular formula is C13H14F2N2O2. The SMILES string of the molecule is CCCc1nc2cc(F)c(F)cc2n1C(C)C(=O)O. The van der Waals surface area contributed by atoms with E-state index in [1.165, 1.54) is 11.5 Å². The molecule has 102 valence electrons. The third-order valence-corrected chi connectivity index (χ3v) is 3.02. The van der Waals surface area contributed by atoms with Crippen LogP contribution in [0.15, 0.2) is 12.1 Å². The molecule has 0 aliphatic carbocycles. The van der Waals surface area contributed by atoms with Crippen LogP contribution in [0.25, 0.3) is 11.0 Å². The van der Waals surface area contributed by atoms with Crippen molar-refractivity contribution in [3.63, 3.8) is 0 Å². The fourth-order valence-electron chi connectivity index (χ4n) is 2.08. The molecule has 4 nitrogen and oxygen atoms in total. The van der Waals surface area contributed by atoms with Gasteiger partial charge in [0.15, 0.2) is 11.6 Å². The first-order valence-corrected chi connectivity index (χ1v) is 6.04. The maximum absolute atomic E-state index is 13.3. The van der Waals surface area contributed by atoms with Gasteiger partial charge in [-0.2, -0.15) is 0 Å². The number of aryl methyl sites for hydroxylation is 1. The lowest BCUT2D eigenvalue weighted by molar-refractivity contribution is -0.140. The largest absolute Gasteiger partial charge is 0.480 e. The molecule has 19 heavy (non-hydrogen) atoms. The molecule has 1 atom stereocenters. The predicted octanol–water partition coefficient (Wildman–Crippen LogP) is 2.91. The molecule has 2 aromatic rings. The molecular weight excluding hydrogens is 254 g/mol. The Kier molecular flexibility index (Phi) is 3.50. The molecule has 1 aromatic heterocycles. The van der Waals surface area contributed by atoms with Crippen LogP contribution in [0.1, 0.15) is 32.1 Å². The summed E-state index contributed by atoms with van der Waals surface area (Å²) >= 11 is 0. The highest BCUT2D eigenvalue weighted by Crippen LogP contribution is 2.24. The van der Waals surface area contributed by atoms with E-state index >= 15 is 0 Å². The zero-order chi connectivity index (χ0) is 14.2. The van der Waals surface area contributed by atoms with E-state index < -0.39 is 23.6 Å². The average Bonchev–Trinajstić information content (AvgIpc) is 2.66. The van der Waals surface area contributed by atoms with Crippen molar-refractivity contribution < 1.29 is 18.7 Å². The van der Waals surface area contributed by atoms with Gasteiger partial charge in [-0.1, -0.05) is 6.92 Å². The second kappa shape index (κ2) is 4.95. The number of aliphatic carboxylic acids is 1. The van der Waals surface area contributed by atoms with Crippen molar-refractivity contribution in [1.29, 1.82) is 0 Å². The van der Waals surface area contributed by atoms with Crippen molar-refractivity contribution in [3.05, 3.63) is 29.6 Å². The van der Waals surface area contributed by atoms with Crippen molar-refractivity contribution in [3.8, 4) is 0 Å². The topological polar surface area (TPSA) is 55.1 Å². The Hall–Kier alpha value is -1.98. The number of hydrogen-bond donors (Lipinski definition) is 1. The molecule has 2 rings (SSSR count). The van der Waals surface area contributed by atoms with Gasteiger partial charge in [0.25, 0.3) is 0 Å². The van der Waals surface area contributed by atoms with Crippen molar-refractivity contribution >= 4 is 17.0 Å². The van der Waals surface area contributed by atoms with Gasteiger partial charge in [-0.25, -0.2) is 18.6 Å². The lowest BCUT2D eigenvalue weighted by Gasteiger charge is -2.13. The number of aromatic nitrogens is 2. The number of fused-ring (bicyclic) bond motifs is 1. The maximum atomic E-state index is 13.3. The summed E-state index contributed by atoms with van der Waals surface area (Å²) in [5.74, 6) is -2.50. The molecule has 1 heterocycles. The number of carboxylic acid groups (broad SMARTS) is 1. The molecule has 0 amide bonds. The molecule has 0 aliphatic heterocycles. The van der Waals surface area contributed by atoms with Gasteiger partial charge in [-0.05, 0) is 13.3 Å². The normalized spacial score (nSPS) is 12.8. The number of rotatable bonds is 4. The Balaban J connectivity index is 2.72. The van der Waals surface area contributed by atoms with E-state index in [4.69, 9.17) is 5.11 Å². The summed E-state index contributed by atoms with van der Waals surface area (Å²) in [5.41, 5.74) is 0.577. The van der Waals surface area contributed by atoms with Gasteiger partial charge in [0.2, 0.25) is 0 Å². The summed E-state index contributed by atoms with van der Waals surface area (Å²) in [6.45, 7) is 3.42. The highest BCUT2D eigenvalue weighted by atomic mass is 19.2. The Morgan fingerprint density at radius 1 is 1.42 bits per heavy atom. The van der Waals surface area contributed by atoms with Crippen LogP contribution in [-0.2, 0) is 11.2 Å². The monoisotopic (exact) mass is 268 g/mol. The molecule has 6 heteroatoms. The Morgan fingerprint density at radius 3 is 2.63 bits per heavy atom. The van der Waals surface area contributed by atoms with Crippen molar-refractivity contribution in [2.24, 2.45) is 0 Å². The summed E-state index contributed by atoms with van der Waals surface area (Å²) in [7, 11) is 0. The van der Waals surface area contributed by atoms with Gasteiger partial charge in [-0.3, -0.25) is 0 Å². The Bertz CT molecular complexity index is 637. The van der Waals surface area contributed by atoms with Crippen LogP contribution in [0.5, 0.6) is 0 Å². The van der Waals surface area contributed by atoms with Gasteiger partial charge in [-0.15, -0.1) is 0 Å². The smallest absolute Gasteiger partial charge is 0.326 e. The van der Waals surface area contributed by atoms with Crippen LogP contribution in [0, 0.1) is 11.6 Å². The molecule has 0 spiro atoms. The van der Waals surface area contributed by atoms with E-state index in [9.17, 15) is 13.6 Å². The highest BCUT2D eigenvalue weighted by molar-refractivity contribution is 5.80. The van der Waals surface area contributed by atoms with Crippen molar-refractivity contribution in [1.82, 2.24) is 9.55 Å². The summed E-state index contributed by atoms with van der Waals surface area (Å²) in [5, 5.41) is 9.11. The summed E-state index contributed by atoms with van der Waals surface area (Å²) in [6.07, 6.45) is 1.32. The van der Waals surface area contributed by atoms with Gasteiger partial charge in [0, 0.05) is 18.6 Å². The number of benzene rings is 1. The van der Waals surface area contributed by atoms with Gasteiger partial charge >= 0.3 is 5.97 Å². The zero-order valence-electron chi connectivity index (χ0n) is 10.7. The zero-order valence-corrected chi connectivity index (χ0v) is 10.7. The molecule has 0 aliphatic rings. The number of halogens is 2. The second-order valence-electron chi connectivity index (χ2n) is 4.42. The fourth-order valence-corrected chi connectivity index (χ4v) is 2.08. The highest BCUT2D eigenvalue weighted by Gasteiger charge is 2.21. The lowest BCUT2D eigenvalue weighted by atomic mass is 10.2. The van der Waals surface area contributed by atoms with Crippen LogP contribution in [0.3, 0.4) is 0 Å². The number of imidazole rings is 1. The van der Waals surface area contributed by atoms with Crippen LogP contribution in [-0.4, -0.2) is 20.6 Å². The van der Waals surface area contributed by atoms with E-state index in [0.717, 1.165) is 18.6 Å². The number of carboxylic acids is 1. The van der Waals surface area contributed by atoms with Gasteiger partial charge < -0.3 is 9.67 Å². The first-order chi connectivity index (χ1) is 8.95. The minimum absolute atomic E-state index is 0.274. The summed E-state index contributed by atoms with van der Waals surface area (Å²) in [6, 6.07) is 1.11. The minimum atomic E-state index is -1.04. The predicted molar refractivity (Wildman–Crippen MR) is 66.0 cm³/mol. The van der Waals surface area contributed by atoms with E-state index in [2.05, 4.69) is 4.98 Å². The Morgan fingerprint density at radius 2 is 2.05 bits per heavy atom. The molecule has 1 N–H and O–H groups in total. The summed E-state index contributed by atoms with van der Waals surface area (Å²) in [4.78, 5) is 15.3. The maximum Gasteiger partial charge on any atom is 0.326 e. The van der Waals surface area contributed by atoms with E-state index in [1.807, 2.05) is 6.92 Å². The molecule has 1 aromatic carbocycles. The van der Waals surface area contributed by atoms with E-state index in [-0.39, 0.29) is 5.52 Å².